The number of hydrogen-bond acceptors (Lipinski definition) is 3. The molecule has 0 radical (unpaired) electrons. The maximum Gasteiger partial charge on any atom is 0.0623 e. The molecule has 0 aromatic heterocycles. The smallest absolute Gasteiger partial charge is 0.0623 e. The van der Waals surface area contributed by atoms with E-state index in [4.69, 9.17) is 0 Å². The van der Waals surface area contributed by atoms with Crippen LogP contribution in [0.3, 0.4) is 0 Å². The van der Waals surface area contributed by atoms with Gasteiger partial charge in [-0.15, -0.1) is 0 Å². The zero-order valence-electron chi connectivity index (χ0n) is 11.4. The van der Waals surface area contributed by atoms with Gasteiger partial charge in [0.1, 0.15) is 0 Å². The lowest BCUT2D eigenvalue weighted by Gasteiger charge is -2.35. The van der Waals surface area contributed by atoms with Crippen LogP contribution in [-0.2, 0) is 0 Å². The number of nitrogens with zero attached hydrogens (tertiary/aromatic N) is 1. The summed E-state index contributed by atoms with van der Waals surface area (Å²) in [6.07, 6.45) is 7.82. The second kappa shape index (κ2) is 5.68. The Bertz CT molecular complexity index is 238. The first-order valence-electron chi connectivity index (χ1n) is 7.29. The number of aliphatic hydroxyl groups excluding tert-OH is 1. The molecule has 100 valence electrons. The molecular formula is C14H28N2O. The molecule has 0 bridgehead atoms. The molecule has 2 N–H and O–H groups in total. The van der Waals surface area contributed by atoms with E-state index in [1.807, 2.05) is 0 Å². The Morgan fingerprint density at radius 3 is 2.47 bits per heavy atom. The van der Waals surface area contributed by atoms with Crippen molar-refractivity contribution in [3.63, 3.8) is 0 Å². The average molecular weight is 240 g/mol. The first-order chi connectivity index (χ1) is 8.17. The van der Waals surface area contributed by atoms with Gasteiger partial charge < -0.3 is 10.4 Å². The van der Waals surface area contributed by atoms with Crippen LogP contribution in [0, 0.1) is 0 Å². The van der Waals surface area contributed by atoms with E-state index in [0.29, 0.717) is 6.04 Å². The zero-order chi connectivity index (χ0) is 12.3. The molecule has 3 nitrogen and oxygen atoms in total. The highest BCUT2D eigenvalue weighted by Gasteiger charge is 2.37. The topological polar surface area (TPSA) is 35.5 Å². The summed E-state index contributed by atoms with van der Waals surface area (Å²) < 4.78 is 0. The molecule has 0 aromatic carbocycles. The zero-order valence-corrected chi connectivity index (χ0v) is 11.4. The quantitative estimate of drug-likeness (QED) is 0.644. The van der Waals surface area contributed by atoms with Gasteiger partial charge in [-0.3, -0.25) is 4.90 Å². The average Bonchev–Trinajstić information content (AvgIpc) is 3.15. The summed E-state index contributed by atoms with van der Waals surface area (Å²) in [6, 6.07) is 1.47. The lowest BCUT2D eigenvalue weighted by atomic mass is 10.0. The molecule has 2 aliphatic carbocycles. The highest BCUT2D eigenvalue weighted by Crippen LogP contribution is 2.29. The van der Waals surface area contributed by atoms with E-state index in [-0.39, 0.29) is 12.1 Å². The second-order valence-corrected chi connectivity index (χ2v) is 6.19. The van der Waals surface area contributed by atoms with Gasteiger partial charge in [0.2, 0.25) is 0 Å². The monoisotopic (exact) mass is 240 g/mol. The standard InChI is InChI=1S/C14H28N2O/c1-3-4-9-16(13-7-8-13)10-14(2,11-17)15-12-5-6-12/h12-13,15,17H,3-11H2,1-2H3. The minimum Gasteiger partial charge on any atom is -0.394 e. The van der Waals surface area contributed by atoms with Crippen molar-refractivity contribution in [2.45, 2.75) is 70.0 Å². The fourth-order valence-electron chi connectivity index (χ4n) is 2.50. The van der Waals surface area contributed by atoms with Gasteiger partial charge in [-0.1, -0.05) is 13.3 Å². The summed E-state index contributed by atoms with van der Waals surface area (Å²) in [5.41, 5.74) is -0.0997. The van der Waals surface area contributed by atoms with Crippen molar-refractivity contribution in [3.05, 3.63) is 0 Å². The van der Waals surface area contributed by atoms with E-state index < -0.39 is 0 Å². The first-order valence-corrected chi connectivity index (χ1v) is 7.29. The minimum atomic E-state index is -0.0997. The van der Waals surface area contributed by atoms with Crippen molar-refractivity contribution in [2.24, 2.45) is 0 Å². The number of nitrogens with one attached hydrogen (secondary N) is 1. The second-order valence-electron chi connectivity index (χ2n) is 6.19. The molecule has 17 heavy (non-hydrogen) atoms. The molecule has 0 aromatic rings. The lowest BCUT2D eigenvalue weighted by Crippen LogP contribution is -2.55. The van der Waals surface area contributed by atoms with Gasteiger partial charge in [-0.25, -0.2) is 0 Å². The number of rotatable bonds is 9. The summed E-state index contributed by atoms with van der Waals surface area (Å²) in [7, 11) is 0. The van der Waals surface area contributed by atoms with Gasteiger partial charge in [0.05, 0.1) is 12.1 Å². The van der Waals surface area contributed by atoms with E-state index in [1.54, 1.807) is 0 Å². The molecule has 2 rings (SSSR count). The number of aliphatic hydroxyl groups is 1. The molecule has 2 fully saturated rings. The van der Waals surface area contributed by atoms with Crippen LogP contribution in [0.4, 0.5) is 0 Å². The van der Waals surface area contributed by atoms with Gasteiger partial charge in [0.25, 0.3) is 0 Å². The predicted molar refractivity (Wildman–Crippen MR) is 71.2 cm³/mol. The fraction of sp³-hybridized carbons (Fsp3) is 1.00. The largest absolute Gasteiger partial charge is 0.394 e. The third-order valence-electron chi connectivity index (χ3n) is 3.89. The van der Waals surface area contributed by atoms with Crippen molar-refractivity contribution in [1.82, 2.24) is 10.2 Å². The molecule has 1 unspecified atom stereocenters. The molecule has 3 heteroatoms. The molecule has 2 saturated carbocycles. The first kappa shape index (κ1) is 13.3. The SMILES string of the molecule is CCCCN(CC(C)(CO)NC1CC1)C1CC1. The van der Waals surface area contributed by atoms with Crippen molar-refractivity contribution in [2.75, 3.05) is 19.7 Å². The predicted octanol–water partition coefficient (Wildman–Crippen LogP) is 1.75. The number of hydrogen-bond donors (Lipinski definition) is 2. The van der Waals surface area contributed by atoms with E-state index in [0.717, 1.165) is 12.6 Å². The fourth-order valence-corrected chi connectivity index (χ4v) is 2.50. The lowest BCUT2D eigenvalue weighted by molar-refractivity contribution is 0.113. The van der Waals surface area contributed by atoms with Crippen LogP contribution in [0.1, 0.15) is 52.4 Å². The van der Waals surface area contributed by atoms with Gasteiger partial charge >= 0.3 is 0 Å². The Morgan fingerprint density at radius 1 is 1.29 bits per heavy atom. The van der Waals surface area contributed by atoms with Crippen molar-refractivity contribution >= 4 is 0 Å². The van der Waals surface area contributed by atoms with Crippen LogP contribution >= 0.6 is 0 Å². The molecule has 2 aliphatic rings. The molecule has 0 spiro atoms. The Balaban J connectivity index is 1.84. The van der Waals surface area contributed by atoms with Gasteiger partial charge in [-0.05, 0) is 45.6 Å². The van der Waals surface area contributed by atoms with Crippen molar-refractivity contribution in [3.8, 4) is 0 Å². The normalized spacial score (nSPS) is 24.0. The van der Waals surface area contributed by atoms with Crippen molar-refractivity contribution in [1.29, 1.82) is 0 Å². The Morgan fingerprint density at radius 2 is 2.00 bits per heavy atom. The maximum atomic E-state index is 9.65. The van der Waals surface area contributed by atoms with E-state index in [9.17, 15) is 5.11 Å². The van der Waals surface area contributed by atoms with Gasteiger partial charge in [-0.2, -0.15) is 0 Å². The molecule has 1 atom stereocenters. The molecule has 0 aliphatic heterocycles. The van der Waals surface area contributed by atoms with Crippen LogP contribution in [0.5, 0.6) is 0 Å². The Labute approximate surface area is 106 Å². The molecule has 0 heterocycles. The van der Waals surface area contributed by atoms with Crippen LogP contribution < -0.4 is 5.32 Å². The van der Waals surface area contributed by atoms with E-state index in [2.05, 4.69) is 24.1 Å². The molecular weight excluding hydrogens is 212 g/mol. The maximum absolute atomic E-state index is 9.65. The third kappa shape index (κ3) is 4.23. The highest BCUT2D eigenvalue weighted by molar-refractivity contribution is 4.97. The summed E-state index contributed by atoms with van der Waals surface area (Å²) >= 11 is 0. The summed E-state index contributed by atoms with van der Waals surface area (Å²) in [5.74, 6) is 0. The minimum absolute atomic E-state index is 0.0997. The van der Waals surface area contributed by atoms with E-state index in [1.165, 1.54) is 45.1 Å². The molecule has 0 amide bonds. The van der Waals surface area contributed by atoms with Gasteiger partial charge in [0, 0.05) is 18.6 Å². The summed E-state index contributed by atoms with van der Waals surface area (Å²) in [6.45, 7) is 6.87. The van der Waals surface area contributed by atoms with Crippen LogP contribution in [0.25, 0.3) is 0 Å². The summed E-state index contributed by atoms with van der Waals surface area (Å²) in [5, 5.41) is 13.3. The highest BCUT2D eigenvalue weighted by atomic mass is 16.3. The van der Waals surface area contributed by atoms with Crippen LogP contribution in [0.2, 0.25) is 0 Å². The van der Waals surface area contributed by atoms with Crippen LogP contribution in [0.15, 0.2) is 0 Å². The van der Waals surface area contributed by atoms with Crippen molar-refractivity contribution < 1.29 is 5.11 Å². The van der Waals surface area contributed by atoms with E-state index >= 15 is 0 Å². The third-order valence-corrected chi connectivity index (χ3v) is 3.89. The van der Waals surface area contributed by atoms with Gasteiger partial charge in [0.15, 0.2) is 0 Å². The summed E-state index contributed by atoms with van der Waals surface area (Å²) in [4.78, 5) is 2.59. The number of unbranched alkanes of at least 4 members (excludes halogenated alkanes) is 1. The Hall–Kier alpha value is -0.120. The molecule has 0 saturated heterocycles. The Kier molecular flexibility index (Phi) is 4.45. The van der Waals surface area contributed by atoms with Crippen LogP contribution in [-0.4, -0.2) is 47.3 Å².